The van der Waals surface area contributed by atoms with Crippen LogP contribution in [-0.2, 0) is 5.41 Å². The van der Waals surface area contributed by atoms with Gasteiger partial charge in [0, 0.05) is 27.6 Å². The van der Waals surface area contributed by atoms with Crippen molar-refractivity contribution in [3.8, 4) is 0 Å². The zero-order valence-electron chi connectivity index (χ0n) is 17.1. The Morgan fingerprint density at radius 1 is 0.667 bits per heavy atom. The molecule has 0 fully saturated rings. The number of rotatable bonds is 4. The van der Waals surface area contributed by atoms with E-state index in [1.807, 2.05) is 24.3 Å². The molecule has 0 bridgehead atoms. The number of urea groups is 1. The van der Waals surface area contributed by atoms with E-state index in [1.54, 1.807) is 48.5 Å². The molecule has 0 aliphatic rings. The van der Waals surface area contributed by atoms with Crippen molar-refractivity contribution < 1.29 is 9.59 Å². The second kappa shape index (κ2) is 9.01. The van der Waals surface area contributed by atoms with Gasteiger partial charge in [0.05, 0.1) is 0 Å². The predicted molar refractivity (Wildman–Crippen MR) is 124 cm³/mol. The van der Waals surface area contributed by atoms with Crippen LogP contribution >= 0.6 is 11.6 Å². The summed E-state index contributed by atoms with van der Waals surface area (Å²) in [6.07, 6.45) is 0. The summed E-state index contributed by atoms with van der Waals surface area (Å²) < 4.78 is 0. The number of nitrogens with one attached hydrogen (secondary N) is 3. The van der Waals surface area contributed by atoms with Crippen LogP contribution < -0.4 is 16.0 Å². The topological polar surface area (TPSA) is 70.2 Å². The molecular formula is C24H24ClN3O2. The van der Waals surface area contributed by atoms with Gasteiger partial charge >= 0.3 is 6.03 Å². The van der Waals surface area contributed by atoms with Gasteiger partial charge in [0.2, 0.25) is 0 Å². The highest BCUT2D eigenvalue weighted by molar-refractivity contribution is 6.30. The molecule has 0 aromatic heterocycles. The maximum Gasteiger partial charge on any atom is 0.323 e. The smallest absolute Gasteiger partial charge is 0.322 e. The molecule has 3 N–H and O–H groups in total. The zero-order valence-corrected chi connectivity index (χ0v) is 17.9. The zero-order chi connectivity index (χ0) is 21.7. The van der Waals surface area contributed by atoms with Crippen molar-refractivity contribution in [1.82, 2.24) is 0 Å². The number of carbonyl (C=O) groups excluding carboxylic acids is 2. The normalized spacial score (nSPS) is 10.9. The van der Waals surface area contributed by atoms with Crippen LogP contribution in [0.4, 0.5) is 21.9 Å². The number of halogens is 1. The Hall–Kier alpha value is -3.31. The average molecular weight is 422 g/mol. The molecule has 30 heavy (non-hydrogen) atoms. The van der Waals surface area contributed by atoms with Gasteiger partial charge < -0.3 is 16.0 Å². The van der Waals surface area contributed by atoms with Gasteiger partial charge in [-0.3, -0.25) is 4.79 Å². The molecule has 154 valence electrons. The Morgan fingerprint density at radius 3 is 1.57 bits per heavy atom. The summed E-state index contributed by atoms with van der Waals surface area (Å²) in [5.41, 5.74) is 3.69. The van der Waals surface area contributed by atoms with Crippen LogP contribution in [0.2, 0.25) is 5.02 Å². The third-order valence-corrected chi connectivity index (χ3v) is 4.77. The molecule has 5 nitrogen and oxygen atoms in total. The molecule has 3 amide bonds. The Bertz CT molecular complexity index is 1020. The molecule has 0 radical (unpaired) electrons. The first kappa shape index (κ1) is 21.4. The van der Waals surface area contributed by atoms with Crippen molar-refractivity contribution in [2.24, 2.45) is 0 Å². The van der Waals surface area contributed by atoms with Gasteiger partial charge in [-0.05, 0) is 71.6 Å². The molecule has 0 atom stereocenters. The van der Waals surface area contributed by atoms with E-state index in [2.05, 4.69) is 36.7 Å². The maximum absolute atomic E-state index is 12.5. The SMILES string of the molecule is CC(C)(C)c1ccc(C(=O)Nc2ccc(NC(=O)Nc3ccc(Cl)cc3)cc2)cc1. The van der Waals surface area contributed by atoms with Crippen molar-refractivity contribution in [2.75, 3.05) is 16.0 Å². The van der Waals surface area contributed by atoms with Crippen molar-refractivity contribution in [3.05, 3.63) is 88.9 Å². The minimum absolute atomic E-state index is 0.0394. The van der Waals surface area contributed by atoms with Gasteiger partial charge in [-0.15, -0.1) is 0 Å². The third-order valence-electron chi connectivity index (χ3n) is 4.52. The van der Waals surface area contributed by atoms with Crippen molar-refractivity contribution in [2.45, 2.75) is 26.2 Å². The van der Waals surface area contributed by atoms with E-state index in [9.17, 15) is 9.59 Å². The van der Waals surface area contributed by atoms with Gasteiger partial charge in [0.1, 0.15) is 0 Å². The van der Waals surface area contributed by atoms with Gasteiger partial charge in [0.15, 0.2) is 0 Å². The van der Waals surface area contributed by atoms with Crippen molar-refractivity contribution >= 4 is 40.6 Å². The standard InChI is InChI=1S/C24H24ClN3O2/c1-24(2,3)17-6-4-16(5-7-17)22(29)26-19-12-14-21(15-13-19)28-23(30)27-20-10-8-18(25)9-11-20/h4-15H,1-3H3,(H,26,29)(H2,27,28,30). The monoisotopic (exact) mass is 421 g/mol. The minimum atomic E-state index is -0.368. The summed E-state index contributed by atoms with van der Waals surface area (Å²) in [7, 11) is 0. The molecule has 0 aliphatic carbocycles. The van der Waals surface area contributed by atoms with E-state index in [-0.39, 0.29) is 17.4 Å². The number of amides is 3. The number of hydrogen-bond acceptors (Lipinski definition) is 2. The van der Waals surface area contributed by atoms with Crippen LogP contribution in [0.5, 0.6) is 0 Å². The Labute approximate surface area is 181 Å². The Balaban J connectivity index is 1.56. The number of benzene rings is 3. The molecule has 0 unspecified atom stereocenters. The molecular weight excluding hydrogens is 398 g/mol. The van der Waals surface area contributed by atoms with Gasteiger partial charge in [0.25, 0.3) is 5.91 Å². The summed E-state index contributed by atoms with van der Waals surface area (Å²) in [4.78, 5) is 24.6. The van der Waals surface area contributed by atoms with E-state index in [0.717, 1.165) is 0 Å². The fourth-order valence-electron chi connectivity index (χ4n) is 2.79. The van der Waals surface area contributed by atoms with E-state index < -0.39 is 0 Å². The molecule has 0 spiro atoms. The van der Waals surface area contributed by atoms with E-state index in [1.165, 1.54) is 5.56 Å². The molecule has 6 heteroatoms. The molecule has 0 heterocycles. The highest BCUT2D eigenvalue weighted by Crippen LogP contribution is 2.23. The number of anilines is 3. The first-order chi connectivity index (χ1) is 14.2. The molecule has 0 saturated heterocycles. The van der Waals surface area contributed by atoms with Crippen LogP contribution in [0.3, 0.4) is 0 Å². The molecule has 3 rings (SSSR count). The predicted octanol–water partition coefficient (Wildman–Crippen LogP) is 6.53. The second-order valence-corrected chi connectivity index (χ2v) is 8.38. The maximum atomic E-state index is 12.5. The fourth-order valence-corrected chi connectivity index (χ4v) is 2.91. The van der Waals surface area contributed by atoms with Crippen LogP contribution in [0, 0.1) is 0 Å². The lowest BCUT2D eigenvalue weighted by molar-refractivity contribution is 0.102. The lowest BCUT2D eigenvalue weighted by Crippen LogP contribution is -2.19. The van der Waals surface area contributed by atoms with Crippen molar-refractivity contribution in [3.63, 3.8) is 0 Å². The highest BCUT2D eigenvalue weighted by atomic mass is 35.5. The summed E-state index contributed by atoms with van der Waals surface area (Å²) in [5.74, 6) is -0.184. The summed E-state index contributed by atoms with van der Waals surface area (Å²) in [5, 5.41) is 8.93. The van der Waals surface area contributed by atoms with Crippen molar-refractivity contribution in [1.29, 1.82) is 0 Å². The van der Waals surface area contributed by atoms with Gasteiger partial charge in [-0.25, -0.2) is 4.79 Å². The van der Waals surface area contributed by atoms with Crippen LogP contribution in [-0.4, -0.2) is 11.9 Å². The average Bonchev–Trinajstić information content (AvgIpc) is 2.70. The molecule has 3 aromatic carbocycles. The Kier molecular flexibility index (Phi) is 6.43. The summed E-state index contributed by atoms with van der Waals surface area (Å²) >= 11 is 5.83. The van der Waals surface area contributed by atoms with E-state index in [4.69, 9.17) is 11.6 Å². The lowest BCUT2D eigenvalue weighted by Gasteiger charge is -2.19. The van der Waals surface area contributed by atoms with Crippen LogP contribution in [0.1, 0.15) is 36.7 Å². The van der Waals surface area contributed by atoms with E-state index in [0.29, 0.717) is 27.6 Å². The first-order valence-electron chi connectivity index (χ1n) is 9.56. The quantitative estimate of drug-likeness (QED) is 0.448. The Morgan fingerprint density at radius 2 is 1.10 bits per heavy atom. The second-order valence-electron chi connectivity index (χ2n) is 7.94. The fraction of sp³-hybridized carbons (Fsp3) is 0.167. The first-order valence-corrected chi connectivity index (χ1v) is 9.94. The van der Waals surface area contributed by atoms with Gasteiger partial charge in [-0.2, -0.15) is 0 Å². The molecule has 0 aliphatic heterocycles. The summed E-state index contributed by atoms with van der Waals surface area (Å²) in [6, 6.07) is 21.0. The minimum Gasteiger partial charge on any atom is -0.322 e. The largest absolute Gasteiger partial charge is 0.323 e. The third kappa shape index (κ3) is 5.84. The molecule has 0 saturated carbocycles. The highest BCUT2D eigenvalue weighted by Gasteiger charge is 2.14. The lowest BCUT2D eigenvalue weighted by atomic mass is 9.87. The number of carbonyl (C=O) groups is 2. The summed E-state index contributed by atoms with van der Waals surface area (Å²) in [6.45, 7) is 6.40. The van der Waals surface area contributed by atoms with Gasteiger partial charge in [-0.1, -0.05) is 44.5 Å². The van der Waals surface area contributed by atoms with Crippen LogP contribution in [0.15, 0.2) is 72.8 Å². The molecule has 3 aromatic rings. The number of hydrogen-bond donors (Lipinski definition) is 3. The van der Waals surface area contributed by atoms with E-state index >= 15 is 0 Å². The van der Waals surface area contributed by atoms with Crippen LogP contribution in [0.25, 0.3) is 0 Å².